The molecule has 0 unspecified atom stereocenters. The number of nitrogens with zero attached hydrogens (tertiary/aromatic N) is 2. The first-order chi connectivity index (χ1) is 23.6. The van der Waals surface area contributed by atoms with Crippen molar-refractivity contribution >= 4 is 63.0 Å². The van der Waals surface area contributed by atoms with Crippen LogP contribution in [0.4, 0.5) is 17.2 Å². The van der Waals surface area contributed by atoms with Crippen LogP contribution >= 0.6 is 23.2 Å². The second-order valence-electron chi connectivity index (χ2n) is 11.1. The van der Waals surface area contributed by atoms with Crippen LogP contribution < -0.4 is 25.7 Å². The van der Waals surface area contributed by atoms with Crippen molar-refractivity contribution in [2.45, 2.75) is 26.3 Å². The fourth-order valence-corrected chi connectivity index (χ4v) is 6.20. The van der Waals surface area contributed by atoms with E-state index in [0.29, 0.717) is 40.3 Å². The Labute approximate surface area is 293 Å². The third-order valence-electron chi connectivity index (χ3n) is 8.06. The maximum absolute atomic E-state index is 14.5. The van der Waals surface area contributed by atoms with E-state index >= 15 is 0 Å². The minimum absolute atomic E-state index is 0.107. The van der Waals surface area contributed by atoms with Crippen LogP contribution in [-0.2, 0) is 29.0 Å². The number of fused-ring (bicyclic) bond motifs is 1. The van der Waals surface area contributed by atoms with E-state index in [0.717, 1.165) is 22.4 Å². The monoisotopic (exact) mass is 696 g/mol. The molecule has 3 aromatic carbocycles. The van der Waals surface area contributed by atoms with Crippen LogP contribution in [0.2, 0.25) is 10.0 Å². The minimum Gasteiger partial charge on any atom is -0.495 e. The molecule has 0 aliphatic heterocycles. The summed E-state index contributed by atoms with van der Waals surface area (Å²) >= 11 is 13.5. The summed E-state index contributed by atoms with van der Waals surface area (Å²) in [5, 5.41) is 7.10. The van der Waals surface area contributed by atoms with Crippen LogP contribution in [0, 0.1) is 6.92 Å². The number of nitrogens with one attached hydrogen (secondary N) is 2. The number of amides is 1. The zero-order chi connectivity index (χ0) is 35.2. The molecule has 11 heteroatoms. The molecule has 5 aromatic rings. The number of hydrogen-bond acceptors (Lipinski definition) is 7. The fraction of sp³-hybridized carbons (Fsp3) is 0.158. The number of aromatic nitrogens is 2. The number of para-hydroxylation sites is 1. The number of methoxy groups -OCH3 is 2. The van der Waals surface area contributed by atoms with Gasteiger partial charge in [0, 0.05) is 53.6 Å². The van der Waals surface area contributed by atoms with E-state index in [2.05, 4.69) is 28.8 Å². The number of carbonyl (C=O) groups excluding carboxylic acids is 2. The molecule has 0 atom stereocenters. The van der Waals surface area contributed by atoms with Crippen molar-refractivity contribution in [2.24, 2.45) is 0 Å². The molecule has 250 valence electrons. The van der Waals surface area contributed by atoms with Crippen molar-refractivity contribution in [3.63, 3.8) is 0 Å². The Morgan fingerprint density at radius 3 is 2.29 bits per heavy atom. The van der Waals surface area contributed by atoms with Gasteiger partial charge in [0.05, 0.1) is 35.3 Å². The summed E-state index contributed by atoms with van der Waals surface area (Å²) in [7, 11) is 2.94. The second kappa shape index (κ2) is 15.2. The van der Waals surface area contributed by atoms with Gasteiger partial charge in [-0.3, -0.25) is 14.4 Å². The Hall–Kier alpha value is -5.38. The van der Waals surface area contributed by atoms with Crippen molar-refractivity contribution in [3.8, 4) is 22.6 Å². The van der Waals surface area contributed by atoms with Crippen molar-refractivity contribution in [1.29, 1.82) is 0 Å². The average molecular weight is 698 g/mol. The number of rotatable bonds is 13. The van der Waals surface area contributed by atoms with Crippen molar-refractivity contribution in [3.05, 3.63) is 129 Å². The topological polar surface area (TPSA) is 112 Å². The number of halogens is 2. The fourth-order valence-electron chi connectivity index (χ4n) is 5.50. The van der Waals surface area contributed by atoms with Crippen molar-refractivity contribution in [2.75, 3.05) is 24.9 Å². The van der Waals surface area contributed by atoms with Gasteiger partial charge in [-0.2, -0.15) is 0 Å². The van der Waals surface area contributed by atoms with E-state index < -0.39 is 0 Å². The summed E-state index contributed by atoms with van der Waals surface area (Å²) < 4.78 is 12.6. The number of ketones is 1. The summed E-state index contributed by atoms with van der Waals surface area (Å²) in [6.07, 6.45) is 4.83. The normalized spacial score (nSPS) is 10.8. The maximum atomic E-state index is 14.5. The SMILES string of the molecule is C=CC(=O)Cc1cccc(C)c1Nc1cc2c(cn1)cc(-c1c(Cl)c(OC)cc(OC)c1Cl)c(=O)n2CCc1ccc(NC(=O)C=C)cc1. The highest BCUT2D eigenvalue weighted by atomic mass is 35.5. The number of aryl methyl sites for hydroxylation is 3. The van der Waals surface area contributed by atoms with E-state index in [1.165, 1.54) is 26.4 Å². The molecule has 0 radical (unpaired) electrons. The van der Waals surface area contributed by atoms with Gasteiger partial charge in [0.25, 0.3) is 5.56 Å². The predicted molar refractivity (Wildman–Crippen MR) is 197 cm³/mol. The number of anilines is 3. The number of pyridine rings is 2. The lowest BCUT2D eigenvalue weighted by Gasteiger charge is -2.18. The molecule has 0 aliphatic carbocycles. The van der Waals surface area contributed by atoms with E-state index in [1.807, 2.05) is 37.3 Å². The number of carbonyl (C=O) groups is 2. The third-order valence-corrected chi connectivity index (χ3v) is 8.81. The summed E-state index contributed by atoms with van der Waals surface area (Å²) in [4.78, 5) is 43.1. The van der Waals surface area contributed by atoms with Crippen molar-refractivity contribution < 1.29 is 19.1 Å². The highest BCUT2D eigenvalue weighted by Crippen LogP contribution is 2.45. The highest BCUT2D eigenvalue weighted by molar-refractivity contribution is 6.41. The maximum Gasteiger partial charge on any atom is 0.259 e. The number of benzene rings is 3. The standard InChI is InChI=1S/C38H34Cl2N4O5/c1-6-27(45)17-24-10-8-9-22(3)37(24)43-32-19-29-25(21-41-32)18-28(34-35(39)30(48-4)20-31(49-5)36(34)40)38(47)44(29)16-15-23-11-13-26(14-12-23)42-33(46)7-2/h6-14,18-21H,1-2,15-17H2,3-5H3,(H,41,43)(H,42,46). The molecule has 0 spiro atoms. The van der Waals surface area contributed by atoms with Crippen LogP contribution in [0.3, 0.4) is 0 Å². The lowest BCUT2D eigenvalue weighted by molar-refractivity contribution is -0.114. The molecule has 5 rings (SSSR count). The zero-order valence-corrected chi connectivity index (χ0v) is 28.7. The van der Waals surface area contributed by atoms with Crippen molar-refractivity contribution in [1.82, 2.24) is 9.55 Å². The molecule has 0 bridgehead atoms. The molecule has 2 aromatic heterocycles. The molecule has 9 nitrogen and oxygen atoms in total. The van der Waals surface area contributed by atoms with Gasteiger partial charge in [0.1, 0.15) is 17.3 Å². The van der Waals surface area contributed by atoms with Gasteiger partial charge in [-0.05, 0) is 60.4 Å². The molecule has 0 aliphatic rings. The van der Waals surface area contributed by atoms with Gasteiger partial charge < -0.3 is 24.7 Å². The third kappa shape index (κ3) is 7.53. The van der Waals surface area contributed by atoms with E-state index in [9.17, 15) is 14.4 Å². The summed E-state index contributed by atoms with van der Waals surface area (Å²) in [5.41, 5.74) is 4.83. The van der Waals surface area contributed by atoms with E-state index in [4.69, 9.17) is 32.7 Å². The Morgan fingerprint density at radius 2 is 1.65 bits per heavy atom. The average Bonchev–Trinajstić information content (AvgIpc) is 3.10. The number of ether oxygens (including phenoxy) is 2. The van der Waals surface area contributed by atoms with Gasteiger partial charge in [-0.25, -0.2) is 4.98 Å². The first-order valence-corrected chi connectivity index (χ1v) is 16.0. The first-order valence-electron chi connectivity index (χ1n) is 15.3. The molecule has 0 saturated carbocycles. The van der Waals surface area contributed by atoms with E-state index in [1.54, 1.807) is 41.1 Å². The molecular formula is C38H34Cl2N4O5. The zero-order valence-electron chi connectivity index (χ0n) is 27.2. The predicted octanol–water partition coefficient (Wildman–Crippen LogP) is 8.10. The lowest BCUT2D eigenvalue weighted by atomic mass is 10.0. The highest BCUT2D eigenvalue weighted by Gasteiger charge is 2.23. The smallest absolute Gasteiger partial charge is 0.259 e. The Bertz CT molecular complexity index is 2130. The Kier molecular flexibility index (Phi) is 10.9. The first kappa shape index (κ1) is 34.9. The molecule has 0 saturated heterocycles. The van der Waals surface area contributed by atoms with Crippen LogP contribution in [0.15, 0.2) is 97.0 Å². The molecular weight excluding hydrogens is 663 g/mol. The molecule has 0 fully saturated rings. The lowest BCUT2D eigenvalue weighted by Crippen LogP contribution is -2.24. The van der Waals surface area contributed by atoms with Gasteiger partial charge in [-0.15, -0.1) is 0 Å². The van der Waals surface area contributed by atoms with E-state index in [-0.39, 0.29) is 51.4 Å². The summed E-state index contributed by atoms with van der Waals surface area (Å²) in [5.74, 6) is 0.668. The van der Waals surface area contributed by atoms with Crippen LogP contribution in [0.25, 0.3) is 22.0 Å². The number of hydrogen-bond donors (Lipinski definition) is 2. The summed E-state index contributed by atoms with van der Waals surface area (Å²) in [6.45, 7) is 9.30. The Morgan fingerprint density at radius 1 is 0.959 bits per heavy atom. The quantitative estimate of drug-likeness (QED) is 0.120. The second-order valence-corrected chi connectivity index (χ2v) is 11.9. The Balaban J connectivity index is 1.64. The van der Waals surface area contributed by atoms with Gasteiger partial charge in [0.2, 0.25) is 5.91 Å². The molecule has 2 N–H and O–H groups in total. The minimum atomic E-state index is -0.341. The number of allylic oxidation sites excluding steroid dienone is 1. The van der Waals surface area contributed by atoms with Gasteiger partial charge in [0.15, 0.2) is 5.78 Å². The molecule has 49 heavy (non-hydrogen) atoms. The molecule has 2 heterocycles. The molecule has 1 amide bonds. The van der Waals surface area contributed by atoms with Crippen LogP contribution in [0.1, 0.15) is 16.7 Å². The van der Waals surface area contributed by atoms with Gasteiger partial charge in [-0.1, -0.05) is 66.7 Å². The van der Waals surface area contributed by atoms with Crippen LogP contribution in [-0.4, -0.2) is 35.5 Å². The van der Waals surface area contributed by atoms with Crippen LogP contribution in [0.5, 0.6) is 11.5 Å². The largest absolute Gasteiger partial charge is 0.495 e. The summed E-state index contributed by atoms with van der Waals surface area (Å²) in [6, 6.07) is 18.1. The van der Waals surface area contributed by atoms with Gasteiger partial charge >= 0.3 is 0 Å².